The largest absolute Gasteiger partial charge is 0.444 e. The second-order valence-electron chi connectivity index (χ2n) is 8.76. The van der Waals surface area contributed by atoms with Gasteiger partial charge in [-0.2, -0.15) is 0 Å². The maximum atomic E-state index is 14.1. The van der Waals surface area contributed by atoms with Gasteiger partial charge in [0, 0.05) is 24.1 Å². The molecule has 3 rings (SSSR count). The number of hydrogen-bond donors (Lipinski definition) is 1. The highest BCUT2D eigenvalue weighted by atomic mass is 19.2. The number of piperidine rings is 2. The first kappa shape index (κ1) is 20.0. The van der Waals surface area contributed by atoms with E-state index in [9.17, 15) is 23.1 Å². The van der Waals surface area contributed by atoms with Gasteiger partial charge < -0.3 is 14.7 Å². The summed E-state index contributed by atoms with van der Waals surface area (Å²) in [6.07, 6.45) is 1.89. The Morgan fingerprint density at radius 2 is 1.74 bits per heavy atom. The van der Waals surface area contributed by atoms with Crippen LogP contribution in [0, 0.1) is 17.5 Å². The third kappa shape index (κ3) is 4.23. The van der Waals surface area contributed by atoms with Crippen LogP contribution < -0.4 is 0 Å². The zero-order chi connectivity index (χ0) is 20.0. The van der Waals surface area contributed by atoms with Crippen LogP contribution in [0.25, 0.3) is 0 Å². The number of aliphatic hydroxyl groups is 1. The fraction of sp³-hybridized carbons (Fsp3) is 0.650. The first-order valence-electron chi connectivity index (χ1n) is 9.35. The molecular weight excluding hydrogens is 359 g/mol. The van der Waals surface area contributed by atoms with Crippen LogP contribution >= 0.6 is 0 Å². The highest BCUT2D eigenvalue weighted by Crippen LogP contribution is 2.42. The Morgan fingerprint density at radius 3 is 2.30 bits per heavy atom. The van der Waals surface area contributed by atoms with Gasteiger partial charge in [-0.25, -0.2) is 18.0 Å². The molecule has 7 heteroatoms. The van der Waals surface area contributed by atoms with Gasteiger partial charge in [0.25, 0.3) is 0 Å². The summed E-state index contributed by atoms with van der Waals surface area (Å²) < 4.78 is 47.1. The predicted octanol–water partition coefficient (Wildman–Crippen LogP) is 4.33. The number of carbonyl (C=O) groups is 1. The SMILES string of the molecule is CC(C)(C)OC(=O)N1C2CCCC1CC(O)(Cc1c(F)ccc(F)c1F)C2. The summed E-state index contributed by atoms with van der Waals surface area (Å²) >= 11 is 0. The van der Waals surface area contributed by atoms with Crippen molar-refractivity contribution < 1.29 is 27.8 Å². The van der Waals surface area contributed by atoms with Crippen molar-refractivity contribution in [2.75, 3.05) is 0 Å². The molecule has 2 atom stereocenters. The van der Waals surface area contributed by atoms with Gasteiger partial charge in [0.15, 0.2) is 11.6 Å². The Balaban J connectivity index is 1.82. The number of hydrogen-bond acceptors (Lipinski definition) is 3. The summed E-state index contributed by atoms with van der Waals surface area (Å²) in [4.78, 5) is 14.3. The van der Waals surface area contributed by atoms with Crippen LogP contribution in [0.4, 0.5) is 18.0 Å². The van der Waals surface area contributed by atoms with Crippen LogP contribution in [0.5, 0.6) is 0 Å². The summed E-state index contributed by atoms with van der Waals surface area (Å²) in [5.74, 6) is -3.27. The lowest BCUT2D eigenvalue weighted by Gasteiger charge is -2.51. The first-order chi connectivity index (χ1) is 12.5. The van der Waals surface area contributed by atoms with E-state index in [1.165, 1.54) is 0 Å². The minimum absolute atomic E-state index is 0.179. The second kappa shape index (κ2) is 7.00. The lowest BCUT2D eigenvalue weighted by atomic mass is 9.73. The molecule has 0 aliphatic carbocycles. The zero-order valence-electron chi connectivity index (χ0n) is 15.9. The number of fused-ring (bicyclic) bond motifs is 2. The topological polar surface area (TPSA) is 49.8 Å². The Bertz CT molecular complexity index is 718. The number of carbonyl (C=O) groups excluding carboxylic acids is 1. The lowest BCUT2D eigenvalue weighted by molar-refractivity contribution is -0.0925. The molecule has 2 heterocycles. The maximum Gasteiger partial charge on any atom is 0.410 e. The molecule has 1 amide bonds. The molecule has 0 saturated carbocycles. The molecule has 2 bridgehead atoms. The Kier molecular flexibility index (Phi) is 5.18. The van der Waals surface area contributed by atoms with Crippen molar-refractivity contribution in [3.05, 3.63) is 35.1 Å². The maximum absolute atomic E-state index is 14.1. The highest BCUT2D eigenvalue weighted by molar-refractivity contribution is 5.69. The molecule has 0 aromatic heterocycles. The van der Waals surface area contributed by atoms with Crippen molar-refractivity contribution in [3.8, 4) is 0 Å². The number of amides is 1. The van der Waals surface area contributed by atoms with Crippen molar-refractivity contribution in [1.82, 2.24) is 4.90 Å². The minimum atomic E-state index is -1.40. The summed E-state index contributed by atoms with van der Waals surface area (Å²) in [6, 6.07) is 1.07. The van der Waals surface area contributed by atoms with Crippen molar-refractivity contribution in [3.63, 3.8) is 0 Å². The molecule has 1 N–H and O–H groups in total. The fourth-order valence-electron chi connectivity index (χ4n) is 4.34. The van der Waals surface area contributed by atoms with E-state index in [1.807, 2.05) is 0 Å². The Morgan fingerprint density at radius 1 is 1.19 bits per heavy atom. The average molecular weight is 385 g/mol. The van der Waals surface area contributed by atoms with Crippen LogP contribution in [0.1, 0.15) is 58.4 Å². The molecule has 0 radical (unpaired) electrons. The van der Waals surface area contributed by atoms with Crippen LogP contribution in [-0.2, 0) is 11.2 Å². The third-order valence-corrected chi connectivity index (χ3v) is 5.34. The van der Waals surface area contributed by atoms with E-state index in [-0.39, 0.29) is 31.3 Å². The minimum Gasteiger partial charge on any atom is -0.444 e. The van der Waals surface area contributed by atoms with Gasteiger partial charge in [-0.15, -0.1) is 0 Å². The van der Waals surface area contributed by atoms with Crippen molar-refractivity contribution in [1.29, 1.82) is 0 Å². The number of nitrogens with zero attached hydrogens (tertiary/aromatic N) is 1. The molecule has 150 valence electrons. The van der Waals surface area contributed by atoms with Crippen molar-refractivity contribution in [2.45, 2.75) is 82.6 Å². The van der Waals surface area contributed by atoms with Gasteiger partial charge in [0.2, 0.25) is 0 Å². The normalized spacial score (nSPS) is 28.2. The monoisotopic (exact) mass is 385 g/mol. The molecule has 2 aliphatic heterocycles. The van der Waals surface area contributed by atoms with E-state index in [4.69, 9.17) is 4.74 Å². The number of halogens is 3. The molecule has 2 fully saturated rings. The number of ether oxygens (including phenoxy) is 1. The first-order valence-corrected chi connectivity index (χ1v) is 9.35. The Labute approximate surface area is 157 Å². The second-order valence-corrected chi connectivity index (χ2v) is 8.76. The van der Waals surface area contributed by atoms with Crippen LogP contribution in [0.3, 0.4) is 0 Å². The molecule has 2 aliphatic rings. The van der Waals surface area contributed by atoms with E-state index in [0.29, 0.717) is 12.8 Å². The smallest absolute Gasteiger partial charge is 0.410 e. The van der Waals surface area contributed by atoms with Gasteiger partial charge in [-0.3, -0.25) is 0 Å². The Hall–Kier alpha value is -1.76. The molecule has 0 spiro atoms. The van der Waals surface area contributed by atoms with E-state index in [0.717, 1.165) is 18.6 Å². The van der Waals surface area contributed by atoms with E-state index in [1.54, 1.807) is 25.7 Å². The van der Waals surface area contributed by atoms with Crippen molar-refractivity contribution in [2.24, 2.45) is 0 Å². The molecule has 1 aromatic rings. The van der Waals surface area contributed by atoms with Gasteiger partial charge >= 0.3 is 6.09 Å². The van der Waals surface area contributed by atoms with Gasteiger partial charge in [-0.1, -0.05) is 0 Å². The summed E-state index contributed by atoms with van der Waals surface area (Å²) in [5.41, 5.74) is -2.47. The highest BCUT2D eigenvalue weighted by Gasteiger charge is 2.48. The third-order valence-electron chi connectivity index (χ3n) is 5.34. The number of rotatable bonds is 2. The molecule has 2 unspecified atom stereocenters. The van der Waals surface area contributed by atoms with E-state index in [2.05, 4.69) is 0 Å². The molecule has 2 saturated heterocycles. The lowest BCUT2D eigenvalue weighted by Crippen LogP contribution is -2.61. The number of benzene rings is 1. The summed E-state index contributed by atoms with van der Waals surface area (Å²) in [7, 11) is 0. The molecule has 1 aromatic carbocycles. The van der Waals surface area contributed by atoms with E-state index >= 15 is 0 Å². The average Bonchev–Trinajstić information content (AvgIpc) is 2.53. The predicted molar refractivity (Wildman–Crippen MR) is 93.7 cm³/mol. The standard InChI is InChI=1S/C20H26F3NO3/c1-19(2,3)27-18(25)24-12-5-4-6-13(24)10-20(26,9-12)11-14-15(21)7-8-16(22)17(14)23/h7-8,12-13,26H,4-6,9-11H2,1-3H3. The van der Waals surface area contributed by atoms with Crippen LogP contribution in [0.15, 0.2) is 12.1 Å². The zero-order valence-corrected chi connectivity index (χ0v) is 15.9. The fourth-order valence-corrected chi connectivity index (χ4v) is 4.34. The van der Waals surface area contributed by atoms with Crippen LogP contribution in [-0.4, -0.2) is 39.4 Å². The van der Waals surface area contributed by atoms with E-state index < -0.39 is 40.3 Å². The van der Waals surface area contributed by atoms with Gasteiger partial charge in [0.1, 0.15) is 11.4 Å². The molecule has 27 heavy (non-hydrogen) atoms. The quantitative estimate of drug-likeness (QED) is 0.771. The summed E-state index contributed by atoms with van der Waals surface area (Å²) in [6.45, 7) is 5.36. The van der Waals surface area contributed by atoms with Gasteiger partial charge in [0.05, 0.1) is 5.60 Å². The van der Waals surface area contributed by atoms with Crippen molar-refractivity contribution >= 4 is 6.09 Å². The van der Waals surface area contributed by atoms with Crippen LogP contribution in [0.2, 0.25) is 0 Å². The molecular formula is C20H26F3NO3. The molecule has 4 nitrogen and oxygen atoms in total. The summed E-state index contributed by atoms with van der Waals surface area (Å²) in [5, 5.41) is 11.1. The van der Waals surface area contributed by atoms with Gasteiger partial charge in [-0.05, 0) is 65.0 Å².